The second kappa shape index (κ2) is 8.23. The Morgan fingerprint density at radius 1 is 1.27 bits per heavy atom. The van der Waals surface area contributed by atoms with Gasteiger partial charge >= 0.3 is 11.9 Å². The van der Waals surface area contributed by atoms with E-state index in [2.05, 4.69) is 5.32 Å². The summed E-state index contributed by atoms with van der Waals surface area (Å²) in [6.07, 6.45) is 2.96. The van der Waals surface area contributed by atoms with Crippen molar-refractivity contribution in [3.63, 3.8) is 0 Å². The predicted octanol–water partition coefficient (Wildman–Crippen LogP) is 1.08. The Morgan fingerprint density at radius 3 is 2.40 bits per heavy atom. The molecule has 0 fully saturated rings. The smallest absolute Gasteiger partial charge is 0.320 e. The Labute approximate surface area is 89.5 Å². The topological polar surface area (TPSA) is 86.6 Å². The fraction of sp³-hybridized carbons (Fsp3) is 0.800. The van der Waals surface area contributed by atoms with Crippen LogP contribution in [-0.4, -0.2) is 34.7 Å². The van der Waals surface area contributed by atoms with E-state index in [9.17, 15) is 9.59 Å². The van der Waals surface area contributed by atoms with Crippen LogP contribution in [0, 0.1) is 0 Å². The van der Waals surface area contributed by atoms with Gasteiger partial charge in [0.1, 0.15) is 6.04 Å². The Balaban J connectivity index is 3.66. The number of hydrogen-bond donors (Lipinski definition) is 3. The molecule has 0 bridgehead atoms. The average molecular weight is 217 g/mol. The molecule has 3 N–H and O–H groups in total. The van der Waals surface area contributed by atoms with Gasteiger partial charge < -0.3 is 15.5 Å². The van der Waals surface area contributed by atoms with Crippen molar-refractivity contribution in [2.75, 3.05) is 6.54 Å². The van der Waals surface area contributed by atoms with Crippen molar-refractivity contribution in [3.8, 4) is 0 Å². The molecule has 0 saturated carbocycles. The van der Waals surface area contributed by atoms with Gasteiger partial charge in [0.2, 0.25) is 0 Å². The van der Waals surface area contributed by atoms with Gasteiger partial charge in [-0.2, -0.15) is 0 Å². The molecule has 0 aromatic heterocycles. The van der Waals surface area contributed by atoms with Crippen molar-refractivity contribution >= 4 is 11.9 Å². The quantitative estimate of drug-likeness (QED) is 0.503. The summed E-state index contributed by atoms with van der Waals surface area (Å²) in [7, 11) is 0. The number of rotatable bonds is 9. The lowest BCUT2D eigenvalue weighted by Crippen LogP contribution is -2.37. The monoisotopic (exact) mass is 217 g/mol. The lowest BCUT2D eigenvalue weighted by molar-refractivity contribution is -0.139. The summed E-state index contributed by atoms with van der Waals surface area (Å²) in [4.78, 5) is 21.0. The van der Waals surface area contributed by atoms with Crippen molar-refractivity contribution in [1.82, 2.24) is 5.32 Å². The molecule has 0 aliphatic rings. The summed E-state index contributed by atoms with van der Waals surface area (Å²) in [6.45, 7) is 2.44. The minimum Gasteiger partial charge on any atom is -0.481 e. The van der Waals surface area contributed by atoms with Gasteiger partial charge in [-0.1, -0.05) is 19.8 Å². The normalized spacial score (nSPS) is 12.3. The van der Waals surface area contributed by atoms with Crippen LogP contribution in [0.1, 0.15) is 39.0 Å². The summed E-state index contributed by atoms with van der Waals surface area (Å²) in [6, 6.07) is -0.543. The van der Waals surface area contributed by atoms with E-state index in [4.69, 9.17) is 10.2 Å². The molecule has 0 radical (unpaired) electrons. The molecule has 15 heavy (non-hydrogen) atoms. The molecule has 88 valence electrons. The van der Waals surface area contributed by atoms with Gasteiger partial charge in [-0.15, -0.1) is 0 Å². The van der Waals surface area contributed by atoms with Gasteiger partial charge in [0.25, 0.3) is 0 Å². The molecule has 5 nitrogen and oxygen atoms in total. The zero-order chi connectivity index (χ0) is 11.7. The molecule has 0 aromatic rings. The molecule has 0 aliphatic carbocycles. The van der Waals surface area contributed by atoms with Crippen molar-refractivity contribution in [3.05, 3.63) is 0 Å². The zero-order valence-corrected chi connectivity index (χ0v) is 9.03. The first-order valence-electron chi connectivity index (χ1n) is 5.26. The second-order valence-corrected chi connectivity index (χ2v) is 3.48. The molecule has 0 rings (SSSR count). The third-order valence-corrected chi connectivity index (χ3v) is 2.10. The minimum absolute atomic E-state index is 0.0765. The first-order valence-corrected chi connectivity index (χ1v) is 5.26. The Hall–Kier alpha value is -1.10. The highest BCUT2D eigenvalue weighted by molar-refractivity contribution is 5.73. The molecular weight excluding hydrogens is 198 g/mol. The first-order chi connectivity index (χ1) is 7.07. The van der Waals surface area contributed by atoms with Crippen LogP contribution in [0.3, 0.4) is 0 Å². The van der Waals surface area contributed by atoms with E-state index in [0.717, 1.165) is 12.8 Å². The van der Waals surface area contributed by atoms with Crippen LogP contribution in [0.5, 0.6) is 0 Å². The Morgan fingerprint density at radius 2 is 1.93 bits per heavy atom. The number of aliphatic carboxylic acids is 2. The number of hydrogen-bond acceptors (Lipinski definition) is 3. The fourth-order valence-electron chi connectivity index (χ4n) is 1.24. The van der Waals surface area contributed by atoms with Crippen LogP contribution in [0.15, 0.2) is 0 Å². The van der Waals surface area contributed by atoms with Crippen LogP contribution in [-0.2, 0) is 9.59 Å². The lowest BCUT2D eigenvalue weighted by Gasteiger charge is -2.13. The maximum absolute atomic E-state index is 10.8. The third kappa shape index (κ3) is 7.93. The molecule has 0 spiro atoms. The first kappa shape index (κ1) is 13.9. The maximum atomic E-state index is 10.8. The summed E-state index contributed by atoms with van der Waals surface area (Å²) in [5, 5.41) is 20.1. The second-order valence-electron chi connectivity index (χ2n) is 3.48. The highest BCUT2D eigenvalue weighted by Gasteiger charge is 2.15. The van der Waals surface area contributed by atoms with E-state index in [-0.39, 0.29) is 6.42 Å². The molecule has 0 amide bonds. The fourth-order valence-corrected chi connectivity index (χ4v) is 1.24. The largest absolute Gasteiger partial charge is 0.481 e. The Kier molecular flexibility index (Phi) is 7.62. The van der Waals surface area contributed by atoms with Crippen LogP contribution >= 0.6 is 0 Å². The highest BCUT2D eigenvalue weighted by Crippen LogP contribution is 2.01. The maximum Gasteiger partial charge on any atom is 0.320 e. The van der Waals surface area contributed by atoms with E-state index in [1.54, 1.807) is 0 Å². The molecule has 0 heterocycles. The van der Waals surface area contributed by atoms with Crippen molar-refractivity contribution < 1.29 is 19.8 Å². The number of carbonyl (C=O) groups is 2. The number of carboxylic acids is 2. The third-order valence-electron chi connectivity index (χ3n) is 2.10. The molecular formula is C10H19NO4. The van der Waals surface area contributed by atoms with Crippen LogP contribution in [0.2, 0.25) is 0 Å². The van der Waals surface area contributed by atoms with Gasteiger partial charge in [-0.25, -0.2) is 0 Å². The Bertz CT molecular complexity index is 206. The van der Waals surface area contributed by atoms with Crippen molar-refractivity contribution in [2.24, 2.45) is 0 Å². The highest BCUT2D eigenvalue weighted by atomic mass is 16.4. The van der Waals surface area contributed by atoms with E-state index < -0.39 is 18.0 Å². The minimum atomic E-state index is -0.862. The molecule has 0 aliphatic heterocycles. The van der Waals surface area contributed by atoms with Gasteiger partial charge in [0, 0.05) is 6.42 Å². The molecule has 5 heteroatoms. The van der Waals surface area contributed by atoms with Crippen molar-refractivity contribution in [1.29, 1.82) is 0 Å². The predicted molar refractivity (Wildman–Crippen MR) is 55.8 cm³/mol. The van der Waals surface area contributed by atoms with E-state index in [1.165, 1.54) is 0 Å². The number of nitrogens with one attached hydrogen (secondary N) is 1. The van der Waals surface area contributed by atoms with E-state index >= 15 is 0 Å². The van der Waals surface area contributed by atoms with Gasteiger partial charge in [-0.05, 0) is 19.4 Å². The molecule has 0 saturated heterocycles. The van der Waals surface area contributed by atoms with Crippen molar-refractivity contribution in [2.45, 2.75) is 45.1 Å². The van der Waals surface area contributed by atoms with Gasteiger partial charge in [0.05, 0.1) is 0 Å². The van der Waals surface area contributed by atoms with E-state index in [1.807, 2.05) is 6.92 Å². The molecule has 1 atom stereocenters. The van der Waals surface area contributed by atoms with E-state index in [0.29, 0.717) is 19.4 Å². The standard InChI is InChI=1S/C10H19NO4/c1-2-3-5-8(10(14)15)11-7-4-6-9(12)13/h8,11H,2-7H2,1H3,(H,12,13)(H,14,15)/t8-/m0/s1. The van der Waals surface area contributed by atoms with Crippen LogP contribution in [0.4, 0.5) is 0 Å². The van der Waals surface area contributed by atoms with Gasteiger partial charge in [0.15, 0.2) is 0 Å². The van der Waals surface area contributed by atoms with Crippen LogP contribution in [0.25, 0.3) is 0 Å². The number of unbranched alkanes of at least 4 members (excludes halogenated alkanes) is 1. The van der Waals surface area contributed by atoms with Crippen LogP contribution < -0.4 is 5.32 Å². The molecule has 0 aromatic carbocycles. The summed E-state index contributed by atoms with van der Waals surface area (Å²) < 4.78 is 0. The SMILES string of the molecule is CCCC[C@H](NCCCC(=O)O)C(=O)O. The number of carboxylic acid groups (broad SMARTS) is 2. The summed E-state index contributed by atoms with van der Waals surface area (Å²) in [5.41, 5.74) is 0. The summed E-state index contributed by atoms with van der Waals surface area (Å²) in [5.74, 6) is -1.71. The zero-order valence-electron chi connectivity index (χ0n) is 9.03. The summed E-state index contributed by atoms with van der Waals surface area (Å²) >= 11 is 0. The molecule has 0 unspecified atom stereocenters. The average Bonchev–Trinajstić information content (AvgIpc) is 2.15. The van der Waals surface area contributed by atoms with Gasteiger partial charge in [-0.3, -0.25) is 9.59 Å². The lowest BCUT2D eigenvalue weighted by atomic mass is 10.1.